The summed E-state index contributed by atoms with van der Waals surface area (Å²) >= 11 is 0. The molecule has 0 unspecified atom stereocenters. The second-order valence-corrected chi connectivity index (χ2v) is 3.34. The summed E-state index contributed by atoms with van der Waals surface area (Å²) in [5, 5.41) is 0. The van der Waals surface area contributed by atoms with E-state index in [1.165, 1.54) is 0 Å². The molecular weight excluding hydrogens is 183 g/mol. The maximum absolute atomic E-state index is 11.9. The summed E-state index contributed by atoms with van der Waals surface area (Å²) in [5.41, 5.74) is 2.80. The Morgan fingerprint density at radius 2 is 1.79 bits per heavy atom. The van der Waals surface area contributed by atoms with Crippen LogP contribution in [-0.2, 0) is 4.79 Å². The van der Waals surface area contributed by atoms with Crippen LogP contribution in [-0.4, -0.2) is 12.6 Å². The monoisotopic (exact) mass is 196 g/mol. The van der Waals surface area contributed by atoms with E-state index >= 15 is 0 Å². The van der Waals surface area contributed by atoms with Crippen LogP contribution >= 0.6 is 0 Å². The summed E-state index contributed by atoms with van der Waals surface area (Å²) in [5.74, 6) is -0.377. The molecule has 0 aliphatic rings. The van der Waals surface area contributed by atoms with Crippen LogP contribution in [0.15, 0.2) is 12.1 Å². The Morgan fingerprint density at radius 1 is 1.29 bits per heavy atom. The van der Waals surface area contributed by atoms with Crippen LogP contribution in [0, 0.1) is 20.8 Å². The molecule has 0 bridgehead atoms. The molecule has 0 fully saturated rings. The number of rotatable bonds is 2. The van der Waals surface area contributed by atoms with Gasteiger partial charge in [-0.05, 0) is 31.9 Å². The van der Waals surface area contributed by atoms with Crippen molar-refractivity contribution in [1.29, 1.82) is 0 Å². The molecule has 0 atom stereocenters. The minimum Gasteiger partial charge on any atom is -0.424 e. The molecule has 0 saturated heterocycles. The van der Waals surface area contributed by atoms with Gasteiger partial charge in [0, 0.05) is 0 Å². The molecule has 0 amide bonds. The van der Waals surface area contributed by atoms with Crippen LogP contribution in [0.1, 0.15) is 16.7 Å². The molecule has 2 nitrogen and oxygen atoms in total. The van der Waals surface area contributed by atoms with E-state index < -0.39 is 12.6 Å². The molecule has 1 aromatic carbocycles. The van der Waals surface area contributed by atoms with Crippen LogP contribution in [0.3, 0.4) is 0 Å². The average Bonchev–Trinajstić information content (AvgIpc) is 2.10. The third-order valence-corrected chi connectivity index (χ3v) is 1.93. The number of esters is 1. The SMILES string of the molecule is Cc1cc(C)c(OC(=O)CF)c(C)c1. The largest absolute Gasteiger partial charge is 0.424 e. The highest BCUT2D eigenvalue weighted by atomic mass is 19.1. The summed E-state index contributed by atoms with van der Waals surface area (Å²) in [6.07, 6.45) is 0. The fourth-order valence-electron chi connectivity index (χ4n) is 1.47. The highest BCUT2D eigenvalue weighted by molar-refractivity contribution is 5.74. The van der Waals surface area contributed by atoms with Crippen molar-refractivity contribution in [2.24, 2.45) is 0 Å². The van der Waals surface area contributed by atoms with Crippen molar-refractivity contribution in [1.82, 2.24) is 0 Å². The quantitative estimate of drug-likeness (QED) is 0.536. The molecule has 0 saturated carbocycles. The molecule has 1 rings (SSSR count). The lowest BCUT2D eigenvalue weighted by Gasteiger charge is -2.10. The number of alkyl halides is 1. The highest BCUT2D eigenvalue weighted by Gasteiger charge is 2.09. The van der Waals surface area contributed by atoms with Gasteiger partial charge >= 0.3 is 5.97 Å². The van der Waals surface area contributed by atoms with E-state index in [4.69, 9.17) is 4.74 Å². The number of carbonyl (C=O) groups is 1. The van der Waals surface area contributed by atoms with E-state index in [9.17, 15) is 9.18 Å². The van der Waals surface area contributed by atoms with Crippen molar-refractivity contribution < 1.29 is 13.9 Å². The third kappa shape index (κ3) is 2.31. The van der Waals surface area contributed by atoms with Crippen LogP contribution in [0.2, 0.25) is 0 Å². The fraction of sp³-hybridized carbons (Fsp3) is 0.364. The van der Waals surface area contributed by atoms with Crippen LogP contribution in [0.4, 0.5) is 4.39 Å². The molecule has 3 heteroatoms. The van der Waals surface area contributed by atoms with Gasteiger partial charge in [0.15, 0.2) is 6.67 Å². The predicted octanol–water partition coefficient (Wildman–Crippen LogP) is 2.49. The average molecular weight is 196 g/mol. The number of carbonyl (C=O) groups excluding carboxylic acids is 1. The van der Waals surface area contributed by atoms with Gasteiger partial charge in [-0.2, -0.15) is 0 Å². The minimum absolute atomic E-state index is 0.471. The zero-order valence-corrected chi connectivity index (χ0v) is 8.56. The molecule has 0 aliphatic carbocycles. The standard InChI is InChI=1S/C11H13FO2/c1-7-4-8(2)11(9(3)5-7)14-10(13)6-12/h4-5H,6H2,1-3H3. The molecule has 0 N–H and O–H groups in total. The Kier molecular flexibility index (Phi) is 3.23. The van der Waals surface area contributed by atoms with E-state index in [1.54, 1.807) is 0 Å². The first-order valence-electron chi connectivity index (χ1n) is 4.39. The van der Waals surface area contributed by atoms with Gasteiger partial charge in [-0.15, -0.1) is 0 Å². The lowest BCUT2D eigenvalue weighted by Crippen LogP contribution is -2.11. The van der Waals surface area contributed by atoms with Crippen molar-refractivity contribution >= 4 is 5.97 Å². The van der Waals surface area contributed by atoms with Crippen molar-refractivity contribution in [3.05, 3.63) is 28.8 Å². The van der Waals surface area contributed by atoms with Gasteiger partial charge in [-0.3, -0.25) is 0 Å². The number of hydrogen-bond acceptors (Lipinski definition) is 2. The van der Waals surface area contributed by atoms with Crippen LogP contribution in [0.25, 0.3) is 0 Å². The van der Waals surface area contributed by atoms with Gasteiger partial charge in [0.25, 0.3) is 0 Å². The topological polar surface area (TPSA) is 26.3 Å². The van der Waals surface area contributed by atoms with E-state index in [2.05, 4.69) is 0 Å². The smallest absolute Gasteiger partial charge is 0.342 e. The van der Waals surface area contributed by atoms with Crippen molar-refractivity contribution in [2.75, 3.05) is 6.67 Å². The summed E-state index contributed by atoms with van der Waals surface area (Å²) < 4.78 is 16.8. The Morgan fingerprint density at radius 3 is 2.21 bits per heavy atom. The number of halogens is 1. The van der Waals surface area contributed by atoms with Gasteiger partial charge < -0.3 is 4.74 Å². The maximum atomic E-state index is 11.9. The molecule has 1 aromatic rings. The first kappa shape index (κ1) is 10.7. The van der Waals surface area contributed by atoms with E-state index in [0.29, 0.717) is 5.75 Å². The minimum atomic E-state index is -1.09. The van der Waals surface area contributed by atoms with Gasteiger partial charge in [0.05, 0.1) is 0 Å². The summed E-state index contributed by atoms with van der Waals surface area (Å²) in [4.78, 5) is 10.8. The molecule has 76 valence electrons. The summed E-state index contributed by atoms with van der Waals surface area (Å²) in [7, 11) is 0. The maximum Gasteiger partial charge on any atom is 0.342 e. The van der Waals surface area contributed by atoms with E-state index in [-0.39, 0.29) is 0 Å². The van der Waals surface area contributed by atoms with Gasteiger partial charge in [0.2, 0.25) is 0 Å². The predicted molar refractivity (Wildman–Crippen MR) is 52.3 cm³/mol. The lowest BCUT2D eigenvalue weighted by molar-refractivity contribution is -0.135. The van der Waals surface area contributed by atoms with Crippen LogP contribution in [0.5, 0.6) is 5.75 Å². The molecule has 14 heavy (non-hydrogen) atoms. The summed E-state index contributed by atoms with van der Waals surface area (Å²) in [6, 6.07) is 3.79. The first-order chi connectivity index (χ1) is 6.54. The molecule has 0 aliphatic heterocycles. The van der Waals surface area contributed by atoms with Gasteiger partial charge in [0.1, 0.15) is 5.75 Å². The van der Waals surface area contributed by atoms with Crippen LogP contribution < -0.4 is 4.74 Å². The van der Waals surface area contributed by atoms with Gasteiger partial charge in [-0.25, -0.2) is 9.18 Å². The number of hydrogen-bond donors (Lipinski definition) is 0. The normalized spacial score (nSPS) is 10.0. The zero-order valence-electron chi connectivity index (χ0n) is 8.56. The second kappa shape index (κ2) is 4.22. The number of ether oxygens (including phenoxy) is 1. The first-order valence-corrected chi connectivity index (χ1v) is 4.39. The second-order valence-electron chi connectivity index (χ2n) is 3.34. The van der Waals surface area contributed by atoms with Crippen molar-refractivity contribution in [2.45, 2.75) is 20.8 Å². The Labute approximate surface area is 82.7 Å². The Bertz CT molecular complexity index is 335. The molecule has 0 aromatic heterocycles. The molecule has 0 spiro atoms. The number of aryl methyl sites for hydroxylation is 3. The molecular formula is C11H13FO2. The lowest BCUT2D eigenvalue weighted by atomic mass is 10.1. The Balaban J connectivity index is 3.02. The zero-order chi connectivity index (χ0) is 10.7. The number of benzene rings is 1. The van der Waals surface area contributed by atoms with E-state index in [1.807, 2.05) is 32.9 Å². The molecule has 0 radical (unpaired) electrons. The Hall–Kier alpha value is -1.38. The van der Waals surface area contributed by atoms with Crippen molar-refractivity contribution in [3.63, 3.8) is 0 Å². The van der Waals surface area contributed by atoms with Crippen molar-refractivity contribution in [3.8, 4) is 5.75 Å². The summed E-state index contributed by atoms with van der Waals surface area (Å²) in [6.45, 7) is 4.54. The third-order valence-electron chi connectivity index (χ3n) is 1.93. The fourth-order valence-corrected chi connectivity index (χ4v) is 1.47. The highest BCUT2D eigenvalue weighted by Crippen LogP contribution is 2.24. The molecule has 0 heterocycles. The van der Waals surface area contributed by atoms with E-state index in [0.717, 1.165) is 16.7 Å². The van der Waals surface area contributed by atoms with Gasteiger partial charge in [-0.1, -0.05) is 17.7 Å².